The van der Waals surface area contributed by atoms with Crippen LogP contribution in [0.5, 0.6) is 0 Å². The van der Waals surface area contributed by atoms with Crippen molar-refractivity contribution in [2.75, 3.05) is 0 Å². The number of carboxylic acid groups (broad SMARTS) is 1. The number of aromatic nitrogens is 1. The standard InChI is InChI=1S/C9H7BrF3NO2/c10-3-6-8(11)4(2-7(15)16)1-5(14-6)9(12)13/h1,9H,2-3H2,(H,15,16). The zero-order valence-corrected chi connectivity index (χ0v) is 9.47. The molecule has 16 heavy (non-hydrogen) atoms. The van der Waals surface area contributed by atoms with E-state index in [4.69, 9.17) is 5.11 Å². The molecule has 1 aromatic rings. The number of aliphatic carboxylic acids is 1. The van der Waals surface area contributed by atoms with Crippen molar-refractivity contribution >= 4 is 21.9 Å². The van der Waals surface area contributed by atoms with Gasteiger partial charge in [0.15, 0.2) is 0 Å². The average molecular weight is 298 g/mol. The van der Waals surface area contributed by atoms with Gasteiger partial charge in [0.05, 0.1) is 12.1 Å². The Morgan fingerprint density at radius 2 is 2.19 bits per heavy atom. The summed E-state index contributed by atoms with van der Waals surface area (Å²) in [7, 11) is 0. The number of carboxylic acids is 1. The molecule has 0 aliphatic heterocycles. The fourth-order valence-electron chi connectivity index (χ4n) is 1.16. The molecule has 0 amide bonds. The zero-order valence-electron chi connectivity index (χ0n) is 7.88. The van der Waals surface area contributed by atoms with E-state index in [2.05, 4.69) is 20.9 Å². The molecular weight excluding hydrogens is 291 g/mol. The molecule has 1 aromatic heterocycles. The van der Waals surface area contributed by atoms with Crippen molar-refractivity contribution in [2.45, 2.75) is 18.2 Å². The molecule has 0 atom stereocenters. The summed E-state index contributed by atoms with van der Waals surface area (Å²) in [5.41, 5.74) is -1.12. The van der Waals surface area contributed by atoms with Crippen LogP contribution in [0.15, 0.2) is 6.07 Å². The summed E-state index contributed by atoms with van der Waals surface area (Å²) in [6.07, 6.45) is -3.50. The van der Waals surface area contributed by atoms with Crippen molar-refractivity contribution in [2.24, 2.45) is 0 Å². The Kier molecular flexibility index (Phi) is 4.28. The third kappa shape index (κ3) is 2.94. The number of halogens is 4. The van der Waals surface area contributed by atoms with Gasteiger partial charge in [-0.15, -0.1) is 0 Å². The first-order valence-corrected chi connectivity index (χ1v) is 5.32. The van der Waals surface area contributed by atoms with Crippen molar-refractivity contribution in [1.82, 2.24) is 4.98 Å². The molecule has 0 radical (unpaired) electrons. The highest BCUT2D eigenvalue weighted by Gasteiger charge is 2.18. The lowest BCUT2D eigenvalue weighted by Gasteiger charge is -2.07. The number of hydrogen-bond donors (Lipinski definition) is 1. The molecule has 0 bridgehead atoms. The van der Waals surface area contributed by atoms with Gasteiger partial charge in [-0.25, -0.2) is 18.2 Å². The Bertz CT molecular complexity index is 412. The van der Waals surface area contributed by atoms with Crippen LogP contribution in [0.1, 0.15) is 23.4 Å². The molecule has 0 aromatic carbocycles. The minimum Gasteiger partial charge on any atom is -0.481 e. The molecule has 0 fully saturated rings. The maximum Gasteiger partial charge on any atom is 0.307 e. The highest BCUT2D eigenvalue weighted by atomic mass is 79.9. The molecule has 88 valence electrons. The Morgan fingerprint density at radius 3 is 2.62 bits per heavy atom. The van der Waals surface area contributed by atoms with Crippen LogP contribution in [-0.4, -0.2) is 16.1 Å². The van der Waals surface area contributed by atoms with Gasteiger partial charge < -0.3 is 5.11 Å². The minimum atomic E-state index is -2.86. The van der Waals surface area contributed by atoms with Crippen molar-refractivity contribution in [1.29, 1.82) is 0 Å². The van der Waals surface area contributed by atoms with Crippen molar-refractivity contribution < 1.29 is 23.1 Å². The van der Waals surface area contributed by atoms with Crippen LogP contribution >= 0.6 is 15.9 Å². The Hall–Kier alpha value is -1.11. The van der Waals surface area contributed by atoms with E-state index in [1.165, 1.54) is 0 Å². The second-order valence-corrected chi connectivity index (χ2v) is 3.53. The smallest absolute Gasteiger partial charge is 0.307 e. The van der Waals surface area contributed by atoms with E-state index in [1.807, 2.05) is 0 Å². The third-order valence-corrected chi connectivity index (χ3v) is 2.34. The van der Waals surface area contributed by atoms with Crippen LogP contribution in [0.2, 0.25) is 0 Å². The first-order chi connectivity index (χ1) is 7.45. The molecule has 1 heterocycles. The second-order valence-electron chi connectivity index (χ2n) is 2.97. The molecule has 0 aliphatic carbocycles. The quantitative estimate of drug-likeness (QED) is 0.869. The lowest BCUT2D eigenvalue weighted by atomic mass is 10.1. The molecule has 0 saturated heterocycles. The number of hydrogen-bond acceptors (Lipinski definition) is 2. The lowest BCUT2D eigenvalue weighted by Crippen LogP contribution is -2.08. The van der Waals surface area contributed by atoms with Gasteiger partial charge in [0.2, 0.25) is 0 Å². The SMILES string of the molecule is O=C(O)Cc1cc(C(F)F)nc(CBr)c1F. The van der Waals surface area contributed by atoms with Gasteiger partial charge in [0.1, 0.15) is 11.5 Å². The van der Waals surface area contributed by atoms with Crippen LogP contribution in [0.4, 0.5) is 13.2 Å². The van der Waals surface area contributed by atoms with E-state index >= 15 is 0 Å². The van der Waals surface area contributed by atoms with Gasteiger partial charge >= 0.3 is 5.97 Å². The largest absolute Gasteiger partial charge is 0.481 e. The molecular formula is C9H7BrF3NO2. The summed E-state index contributed by atoms with van der Waals surface area (Å²) in [5, 5.41) is 8.45. The average Bonchev–Trinajstić information content (AvgIpc) is 2.20. The van der Waals surface area contributed by atoms with E-state index in [-0.39, 0.29) is 16.6 Å². The van der Waals surface area contributed by atoms with Gasteiger partial charge in [-0.2, -0.15) is 0 Å². The van der Waals surface area contributed by atoms with Crippen LogP contribution < -0.4 is 0 Å². The van der Waals surface area contributed by atoms with Crippen molar-refractivity contribution in [3.8, 4) is 0 Å². The third-order valence-electron chi connectivity index (χ3n) is 1.81. The molecule has 0 spiro atoms. The van der Waals surface area contributed by atoms with Crippen LogP contribution in [0.3, 0.4) is 0 Å². The molecule has 0 aliphatic rings. The second kappa shape index (κ2) is 5.29. The fraction of sp³-hybridized carbons (Fsp3) is 0.333. The molecule has 1 rings (SSSR count). The van der Waals surface area contributed by atoms with Gasteiger partial charge in [-0.1, -0.05) is 15.9 Å². The lowest BCUT2D eigenvalue weighted by molar-refractivity contribution is -0.136. The molecule has 0 saturated carbocycles. The number of alkyl halides is 3. The number of nitrogens with zero attached hydrogens (tertiary/aromatic N) is 1. The van der Waals surface area contributed by atoms with E-state index < -0.39 is 30.3 Å². The predicted molar refractivity (Wildman–Crippen MR) is 53.1 cm³/mol. The highest BCUT2D eigenvalue weighted by Crippen LogP contribution is 2.22. The van der Waals surface area contributed by atoms with Crippen LogP contribution in [0.25, 0.3) is 0 Å². The molecule has 1 N–H and O–H groups in total. The fourth-order valence-corrected chi connectivity index (χ4v) is 1.53. The van der Waals surface area contributed by atoms with E-state index in [0.717, 1.165) is 6.07 Å². The Morgan fingerprint density at radius 1 is 1.56 bits per heavy atom. The number of rotatable bonds is 4. The summed E-state index contributed by atoms with van der Waals surface area (Å²) in [4.78, 5) is 13.8. The van der Waals surface area contributed by atoms with Gasteiger partial charge in [-0.05, 0) is 6.07 Å². The summed E-state index contributed by atoms with van der Waals surface area (Å²) in [6.45, 7) is 0. The molecule has 7 heteroatoms. The van der Waals surface area contributed by atoms with E-state index in [1.54, 1.807) is 0 Å². The van der Waals surface area contributed by atoms with Gasteiger partial charge in [-0.3, -0.25) is 4.79 Å². The van der Waals surface area contributed by atoms with Crippen molar-refractivity contribution in [3.05, 3.63) is 28.8 Å². The summed E-state index contributed by atoms with van der Waals surface area (Å²) < 4.78 is 38.2. The summed E-state index contributed by atoms with van der Waals surface area (Å²) in [6, 6.07) is 0.778. The maximum atomic E-state index is 13.5. The topological polar surface area (TPSA) is 50.2 Å². The van der Waals surface area contributed by atoms with Crippen molar-refractivity contribution in [3.63, 3.8) is 0 Å². The van der Waals surface area contributed by atoms with Crippen LogP contribution in [0, 0.1) is 5.82 Å². The normalized spacial score (nSPS) is 10.8. The summed E-state index contributed by atoms with van der Waals surface area (Å²) >= 11 is 2.90. The van der Waals surface area contributed by atoms with Gasteiger partial charge in [0.25, 0.3) is 6.43 Å². The minimum absolute atomic E-state index is 0.0496. The maximum absolute atomic E-state index is 13.5. The first kappa shape index (κ1) is 13.0. The van der Waals surface area contributed by atoms with E-state index in [0.29, 0.717) is 0 Å². The molecule has 3 nitrogen and oxygen atoms in total. The van der Waals surface area contributed by atoms with E-state index in [9.17, 15) is 18.0 Å². The predicted octanol–water partition coefficient (Wildman–Crippen LogP) is 2.68. The Balaban J connectivity index is 3.24. The monoisotopic (exact) mass is 297 g/mol. The molecule has 0 unspecified atom stereocenters. The number of pyridine rings is 1. The zero-order chi connectivity index (χ0) is 12.3. The summed E-state index contributed by atoms with van der Waals surface area (Å²) in [5.74, 6) is -2.14. The first-order valence-electron chi connectivity index (χ1n) is 4.19. The van der Waals surface area contributed by atoms with Crippen LogP contribution in [-0.2, 0) is 16.5 Å². The highest BCUT2D eigenvalue weighted by molar-refractivity contribution is 9.08. The van der Waals surface area contributed by atoms with Gasteiger partial charge in [0, 0.05) is 10.9 Å². The number of carbonyl (C=O) groups is 1. The Labute approximate surface area is 97.4 Å².